The molecule has 116 valence electrons. The molecule has 0 amide bonds. The van der Waals surface area contributed by atoms with Gasteiger partial charge in [0.25, 0.3) is 0 Å². The lowest BCUT2D eigenvalue weighted by Gasteiger charge is -2.30. The SMILES string of the molecule is [2H]C(OC(=O)C=C)C(CC)(C([2H])OC(=O)C=C)C([2H])OC(=O)C=C. The van der Waals surface area contributed by atoms with E-state index in [0.717, 1.165) is 18.2 Å². The van der Waals surface area contributed by atoms with Gasteiger partial charge in [-0.3, -0.25) is 0 Å². The van der Waals surface area contributed by atoms with Crippen LogP contribution in [0.25, 0.3) is 0 Å². The maximum absolute atomic E-state index is 11.4. The van der Waals surface area contributed by atoms with Gasteiger partial charge in [0.15, 0.2) is 0 Å². The lowest BCUT2D eigenvalue weighted by Crippen LogP contribution is -2.38. The minimum Gasteiger partial charge on any atom is -0.462 e. The van der Waals surface area contributed by atoms with Gasteiger partial charge in [-0.1, -0.05) is 26.7 Å². The predicted molar refractivity (Wildman–Crippen MR) is 76.2 cm³/mol. The molecule has 0 aromatic carbocycles. The fourth-order valence-electron chi connectivity index (χ4n) is 0.981. The van der Waals surface area contributed by atoms with Gasteiger partial charge < -0.3 is 14.2 Å². The first-order valence-electron chi connectivity index (χ1n) is 7.68. The molecule has 0 fully saturated rings. The molecule has 0 saturated carbocycles. The summed E-state index contributed by atoms with van der Waals surface area (Å²) in [5.41, 5.74) is -1.96. The average Bonchev–Trinajstić information content (AvgIpc) is 2.55. The van der Waals surface area contributed by atoms with Crippen LogP contribution >= 0.6 is 0 Å². The molecular weight excluding hydrogens is 276 g/mol. The fourth-order valence-corrected chi connectivity index (χ4v) is 0.981. The molecule has 0 saturated heterocycles. The molecule has 3 unspecified atom stereocenters. The quantitative estimate of drug-likeness (QED) is 0.346. The van der Waals surface area contributed by atoms with Crippen molar-refractivity contribution in [3.8, 4) is 0 Å². The van der Waals surface area contributed by atoms with Crippen molar-refractivity contribution in [2.75, 3.05) is 19.7 Å². The van der Waals surface area contributed by atoms with Crippen LogP contribution in [0.1, 0.15) is 17.5 Å². The van der Waals surface area contributed by atoms with Crippen LogP contribution in [0, 0.1) is 5.41 Å². The number of ether oxygens (including phenoxy) is 3. The second kappa shape index (κ2) is 9.52. The minimum absolute atomic E-state index is 0.150. The van der Waals surface area contributed by atoms with Crippen molar-refractivity contribution >= 4 is 17.9 Å². The lowest BCUT2D eigenvalue weighted by atomic mass is 9.88. The molecule has 0 N–H and O–H groups in total. The van der Waals surface area contributed by atoms with Crippen LogP contribution in [0.5, 0.6) is 0 Å². The molecule has 3 atom stereocenters. The Morgan fingerprint density at radius 3 is 1.38 bits per heavy atom. The summed E-state index contributed by atoms with van der Waals surface area (Å²) in [5, 5.41) is 0. The monoisotopic (exact) mass is 299 g/mol. The number of carbonyl (C=O) groups is 3. The summed E-state index contributed by atoms with van der Waals surface area (Å²) in [7, 11) is 0. The first-order chi connectivity index (χ1) is 11.2. The highest BCUT2D eigenvalue weighted by molar-refractivity contribution is 5.82. The van der Waals surface area contributed by atoms with Gasteiger partial charge in [-0.2, -0.15) is 0 Å². The van der Waals surface area contributed by atoms with E-state index in [-0.39, 0.29) is 6.42 Å². The van der Waals surface area contributed by atoms with E-state index < -0.39 is 43.1 Å². The molecule has 6 heteroatoms. The van der Waals surface area contributed by atoms with E-state index in [1.807, 2.05) is 0 Å². The summed E-state index contributed by atoms with van der Waals surface area (Å²) in [6.07, 6.45) is 2.24. The van der Waals surface area contributed by atoms with Crippen molar-refractivity contribution < 1.29 is 32.7 Å². The van der Waals surface area contributed by atoms with Gasteiger partial charge in [-0.05, 0) is 6.42 Å². The maximum atomic E-state index is 11.4. The zero-order valence-electron chi connectivity index (χ0n) is 14.7. The largest absolute Gasteiger partial charge is 0.462 e. The molecule has 0 aromatic rings. The molecule has 0 heterocycles. The van der Waals surface area contributed by atoms with E-state index in [2.05, 4.69) is 19.7 Å². The third-order valence-electron chi connectivity index (χ3n) is 2.30. The second-order valence-corrected chi connectivity index (χ2v) is 3.74. The predicted octanol–water partition coefficient (Wildman–Crippen LogP) is 1.57. The third kappa shape index (κ3) is 7.10. The van der Waals surface area contributed by atoms with Crippen LogP contribution in [0.3, 0.4) is 0 Å². The van der Waals surface area contributed by atoms with E-state index >= 15 is 0 Å². The first-order valence-corrected chi connectivity index (χ1v) is 5.95. The van der Waals surface area contributed by atoms with Gasteiger partial charge in [-0.25, -0.2) is 14.4 Å². The third-order valence-corrected chi connectivity index (χ3v) is 2.30. The number of rotatable bonds is 10. The van der Waals surface area contributed by atoms with Crippen molar-refractivity contribution in [1.82, 2.24) is 0 Å². The van der Waals surface area contributed by atoms with Gasteiger partial charge in [-0.15, -0.1) is 0 Å². The number of hydrogen-bond acceptors (Lipinski definition) is 6. The Bertz CT molecular complexity index is 450. The van der Waals surface area contributed by atoms with Crippen LogP contribution in [0.4, 0.5) is 0 Å². The Kier molecular flexibility index (Phi) is 6.17. The van der Waals surface area contributed by atoms with E-state index in [9.17, 15) is 14.4 Å². The van der Waals surface area contributed by atoms with Gasteiger partial charge in [0.05, 0.1) is 9.53 Å². The Hall–Kier alpha value is -2.37. The van der Waals surface area contributed by atoms with Crippen LogP contribution < -0.4 is 0 Å². The first kappa shape index (κ1) is 13.6. The van der Waals surface area contributed by atoms with E-state index in [1.165, 1.54) is 6.92 Å². The van der Waals surface area contributed by atoms with Crippen LogP contribution in [-0.4, -0.2) is 37.7 Å². The maximum Gasteiger partial charge on any atom is 0.330 e. The summed E-state index contributed by atoms with van der Waals surface area (Å²) in [4.78, 5) is 34.1. The molecule has 0 aromatic heterocycles. The molecule has 0 aliphatic heterocycles. The Balaban J connectivity index is 5.79. The van der Waals surface area contributed by atoms with E-state index in [4.69, 9.17) is 18.3 Å². The number of esters is 3. The summed E-state index contributed by atoms with van der Waals surface area (Å²) >= 11 is 0. The molecular formula is C15H20O6. The Labute approximate surface area is 128 Å². The van der Waals surface area contributed by atoms with Crippen molar-refractivity contribution in [3.63, 3.8) is 0 Å². The molecule has 0 rings (SSSR count). The van der Waals surface area contributed by atoms with Gasteiger partial charge in [0.2, 0.25) is 0 Å². The highest BCUT2D eigenvalue weighted by atomic mass is 16.6. The van der Waals surface area contributed by atoms with Gasteiger partial charge in [0, 0.05) is 18.2 Å². The average molecular weight is 299 g/mol. The highest BCUT2D eigenvalue weighted by Crippen LogP contribution is 2.24. The summed E-state index contributed by atoms with van der Waals surface area (Å²) < 4.78 is 38.3. The second-order valence-electron chi connectivity index (χ2n) is 3.74. The molecule has 0 radical (unpaired) electrons. The molecule has 0 bridgehead atoms. The van der Waals surface area contributed by atoms with Crippen LogP contribution in [0.15, 0.2) is 38.0 Å². The molecule has 0 spiro atoms. The van der Waals surface area contributed by atoms with Crippen molar-refractivity contribution in [2.45, 2.75) is 13.3 Å². The summed E-state index contributed by atoms with van der Waals surface area (Å²) in [5.74, 6) is -2.92. The zero-order valence-corrected chi connectivity index (χ0v) is 11.7. The number of hydrogen-bond donors (Lipinski definition) is 0. The smallest absolute Gasteiger partial charge is 0.330 e. The molecule has 6 nitrogen and oxygen atoms in total. The molecule has 21 heavy (non-hydrogen) atoms. The van der Waals surface area contributed by atoms with E-state index in [1.54, 1.807) is 0 Å². The van der Waals surface area contributed by atoms with Gasteiger partial charge in [0.1, 0.15) is 19.7 Å². The zero-order chi connectivity index (χ0) is 18.9. The topological polar surface area (TPSA) is 78.9 Å². The van der Waals surface area contributed by atoms with Crippen LogP contribution in [0.2, 0.25) is 0 Å². The minimum atomic E-state index is -1.96. The lowest BCUT2D eigenvalue weighted by molar-refractivity contribution is -0.156. The van der Waals surface area contributed by atoms with E-state index in [0.29, 0.717) is 0 Å². The Morgan fingerprint density at radius 1 is 0.905 bits per heavy atom. The van der Waals surface area contributed by atoms with Crippen molar-refractivity contribution in [1.29, 1.82) is 0 Å². The standard InChI is InChI=1S/C15H20O6/c1-5-12(16)19-9-15(8-4,10-20-13(17)6-2)11-21-14(18)7-3/h5-7H,1-3,8-11H2,4H3/i9D,10D,11D. The molecule has 0 aliphatic carbocycles. The van der Waals surface area contributed by atoms with Crippen molar-refractivity contribution in [2.24, 2.45) is 5.41 Å². The fraction of sp³-hybridized carbons (Fsp3) is 0.400. The number of carbonyl (C=O) groups excluding carboxylic acids is 3. The van der Waals surface area contributed by atoms with Crippen molar-refractivity contribution in [3.05, 3.63) is 38.0 Å². The van der Waals surface area contributed by atoms with Crippen LogP contribution in [-0.2, 0) is 28.6 Å². The normalized spacial score (nSPS) is 19.0. The summed E-state index contributed by atoms with van der Waals surface area (Å²) in [6, 6.07) is 0. The van der Waals surface area contributed by atoms with Gasteiger partial charge >= 0.3 is 17.9 Å². The highest BCUT2D eigenvalue weighted by Gasteiger charge is 2.33. The molecule has 0 aliphatic rings. The summed E-state index contributed by atoms with van der Waals surface area (Å²) in [6.45, 7) is 5.51. The Morgan fingerprint density at radius 2 is 1.19 bits per heavy atom.